The molecule has 0 aliphatic heterocycles. The third-order valence-electron chi connectivity index (χ3n) is 2.68. The molecular formula is C14H11BrFNO. The molecule has 18 heavy (non-hydrogen) atoms. The molecule has 0 amide bonds. The molecule has 2 N–H and O–H groups in total. The maximum absolute atomic E-state index is 13.1. The highest BCUT2D eigenvalue weighted by Gasteiger charge is 2.11. The Hall–Kier alpha value is -1.68. The van der Waals surface area contributed by atoms with Crippen LogP contribution in [-0.2, 0) is 0 Å². The van der Waals surface area contributed by atoms with E-state index in [1.807, 2.05) is 0 Å². The van der Waals surface area contributed by atoms with E-state index in [1.165, 1.54) is 12.1 Å². The number of carbonyl (C=O) groups is 1. The van der Waals surface area contributed by atoms with Crippen molar-refractivity contribution in [2.75, 3.05) is 5.73 Å². The van der Waals surface area contributed by atoms with Crippen LogP contribution in [0.4, 0.5) is 10.1 Å². The first kappa shape index (κ1) is 12.8. The SMILES string of the molecule is Cc1cc(C(=O)c2ccc(N)c(Br)c2)ccc1F. The van der Waals surface area contributed by atoms with Gasteiger partial charge in [-0.15, -0.1) is 0 Å². The maximum Gasteiger partial charge on any atom is 0.193 e. The van der Waals surface area contributed by atoms with E-state index in [-0.39, 0.29) is 11.6 Å². The van der Waals surface area contributed by atoms with Gasteiger partial charge in [0.25, 0.3) is 0 Å². The fourth-order valence-electron chi connectivity index (χ4n) is 1.62. The first-order valence-electron chi connectivity index (χ1n) is 5.35. The predicted octanol–water partition coefficient (Wildman–Crippen LogP) is 3.71. The molecule has 0 aromatic heterocycles. The highest BCUT2D eigenvalue weighted by atomic mass is 79.9. The van der Waals surface area contributed by atoms with E-state index < -0.39 is 0 Å². The van der Waals surface area contributed by atoms with E-state index in [1.54, 1.807) is 31.2 Å². The summed E-state index contributed by atoms with van der Waals surface area (Å²) in [6.45, 7) is 1.63. The van der Waals surface area contributed by atoms with Gasteiger partial charge >= 0.3 is 0 Å². The largest absolute Gasteiger partial charge is 0.398 e. The maximum atomic E-state index is 13.1. The molecule has 4 heteroatoms. The monoisotopic (exact) mass is 307 g/mol. The van der Waals surface area contributed by atoms with Crippen molar-refractivity contribution in [1.82, 2.24) is 0 Å². The summed E-state index contributed by atoms with van der Waals surface area (Å²) in [5.74, 6) is -0.469. The van der Waals surface area contributed by atoms with Crippen LogP contribution < -0.4 is 5.73 Å². The van der Waals surface area contributed by atoms with Crippen molar-refractivity contribution in [3.63, 3.8) is 0 Å². The number of halogens is 2. The van der Waals surface area contributed by atoms with Crippen molar-refractivity contribution < 1.29 is 9.18 Å². The summed E-state index contributed by atoms with van der Waals surface area (Å²) in [5.41, 5.74) is 7.67. The molecule has 0 aliphatic carbocycles. The van der Waals surface area contributed by atoms with Crippen molar-refractivity contribution in [2.45, 2.75) is 6.92 Å². The van der Waals surface area contributed by atoms with Crippen molar-refractivity contribution in [3.8, 4) is 0 Å². The zero-order valence-corrected chi connectivity index (χ0v) is 11.3. The van der Waals surface area contributed by atoms with Crippen molar-refractivity contribution >= 4 is 27.4 Å². The number of hydrogen-bond donors (Lipinski definition) is 1. The number of ketones is 1. The average molecular weight is 308 g/mol. The molecule has 92 valence electrons. The predicted molar refractivity (Wildman–Crippen MR) is 73.1 cm³/mol. The Morgan fingerprint density at radius 2 is 1.78 bits per heavy atom. The Labute approximate surface area is 113 Å². The van der Waals surface area contributed by atoms with E-state index in [2.05, 4.69) is 15.9 Å². The van der Waals surface area contributed by atoms with Crippen LogP contribution in [-0.4, -0.2) is 5.78 Å². The minimum atomic E-state index is -0.315. The zero-order chi connectivity index (χ0) is 13.3. The van der Waals surface area contributed by atoms with Crippen molar-refractivity contribution in [2.24, 2.45) is 0 Å². The Morgan fingerprint density at radius 3 is 2.39 bits per heavy atom. The van der Waals surface area contributed by atoms with Crippen LogP contribution in [0.2, 0.25) is 0 Å². The number of nitrogen functional groups attached to an aromatic ring is 1. The topological polar surface area (TPSA) is 43.1 Å². The number of rotatable bonds is 2. The molecular weight excluding hydrogens is 297 g/mol. The molecule has 0 saturated heterocycles. The molecule has 0 atom stereocenters. The lowest BCUT2D eigenvalue weighted by Crippen LogP contribution is -2.03. The second-order valence-corrected chi connectivity index (χ2v) is 4.88. The summed E-state index contributed by atoms with van der Waals surface area (Å²) in [6, 6.07) is 9.30. The fourth-order valence-corrected chi connectivity index (χ4v) is 2.00. The van der Waals surface area contributed by atoms with Gasteiger partial charge in [-0.05, 0) is 64.8 Å². The summed E-state index contributed by atoms with van der Waals surface area (Å²) >= 11 is 3.28. The molecule has 0 radical (unpaired) electrons. The van der Waals surface area contributed by atoms with Gasteiger partial charge < -0.3 is 5.73 Å². The van der Waals surface area contributed by atoms with Gasteiger partial charge in [-0.2, -0.15) is 0 Å². The Balaban J connectivity index is 2.41. The Bertz CT molecular complexity index is 572. The smallest absolute Gasteiger partial charge is 0.193 e. The third kappa shape index (κ3) is 2.43. The summed E-state index contributed by atoms with van der Waals surface area (Å²) in [7, 11) is 0. The summed E-state index contributed by atoms with van der Waals surface area (Å²) in [4.78, 5) is 12.2. The lowest BCUT2D eigenvalue weighted by molar-refractivity contribution is 0.103. The number of carbonyl (C=O) groups excluding carboxylic acids is 1. The van der Waals surface area contributed by atoms with Crippen LogP contribution in [0.3, 0.4) is 0 Å². The summed E-state index contributed by atoms with van der Waals surface area (Å²) < 4.78 is 13.8. The van der Waals surface area contributed by atoms with Crippen molar-refractivity contribution in [3.05, 3.63) is 63.4 Å². The molecule has 2 aromatic rings. The minimum Gasteiger partial charge on any atom is -0.398 e. The van der Waals surface area contributed by atoms with Gasteiger partial charge in [0.1, 0.15) is 5.82 Å². The molecule has 0 saturated carbocycles. The van der Waals surface area contributed by atoms with Gasteiger partial charge in [0.05, 0.1) is 0 Å². The van der Waals surface area contributed by atoms with Crippen LogP contribution in [0.1, 0.15) is 21.5 Å². The second-order valence-electron chi connectivity index (χ2n) is 4.03. The van der Waals surface area contributed by atoms with E-state index in [4.69, 9.17) is 5.73 Å². The fraction of sp³-hybridized carbons (Fsp3) is 0.0714. The van der Waals surface area contributed by atoms with E-state index in [0.29, 0.717) is 26.9 Å². The van der Waals surface area contributed by atoms with Crippen LogP contribution in [0.15, 0.2) is 40.9 Å². The van der Waals surface area contributed by atoms with Crippen LogP contribution in [0, 0.1) is 12.7 Å². The van der Waals surface area contributed by atoms with Crippen LogP contribution >= 0.6 is 15.9 Å². The number of benzene rings is 2. The molecule has 2 rings (SSSR count). The van der Waals surface area contributed by atoms with Gasteiger partial charge in [-0.1, -0.05) is 0 Å². The quantitative estimate of drug-likeness (QED) is 0.679. The normalized spacial score (nSPS) is 10.4. The molecule has 0 unspecified atom stereocenters. The average Bonchev–Trinajstić information content (AvgIpc) is 2.35. The van der Waals surface area contributed by atoms with Gasteiger partial charge in [-0.3, -0.25) is 4.79 Å². The van der Waals surface area contributed by atoms with Gasteiger partial charge in [0, 0.05) is 21.3 Å². The van der Waals surface area contributed by atoms with E-state index in [0.717, 1.165) is 0 Å². The number of anilines is 1. The van der Waals surface area contributed by atoms with Gasteiger partial charge in [-0.25, -0.2) is 4.39 Å². The molecule has 2 nitrogen and oxygen atoms in total. The highest BCUT2D eigenvalue weighted by molar-refractivity contribution is 9.10. The molecule has 0 bridgehead atoms. The Morgan fingerprint density at radius 1 is 1.17 bits per heavy atom. The van der Waals surface area contributed by atoms with Crippen LogP contribution in [0.5, 0.6) is 0 Å². The second kappa shape index (κ2) is 4.90. The lowest BCUT2D eigenvalue weighted by atomic mass is 10.0. The zero-order valence-electron chi connectivity index (χ0n) is 9.71. The third-order valence-corrected chi connectivity index (χ3v) is 3.37. The van der Waals surface area contributed by atoms with E-state index >= 15 is 0 Å². The van der Waals surface area contributed by atoms with Crippen LogP contribution in [0.25, 0.3) is 0 Å². The standard InChI is InChI=1S/C14H11BrFNO/c1-8-6-9(2-4-12(8)16)14(18)10-3-5-13(17)11(15)7-10/h2-7H,17H2,1H3. The number of hydrogen-bond acceptors (Lipinski definition) is 2. The lowest BCUT2D eigenvalue weighted by Gasteiger charge is -2.05. The number of aryl methyl sites for hydroxylation is 1. The molecule has 0 aliphatic rings. The summed E-state index contributed by atoms with van der Waals surface area (Å²) in [6.07, 6.45) is 0. The first-order chi connectivity index (χ1) is 8.49. The molecule has 2 aromatic carbocycles. The molecule has 0 spiro atoms. The summed E-state index contributed by atoms with van der Waals surface area (Å²) in [5, 5.41) is 0. The van der Waals surface area contributed by atoms with Gasteiger partial charge in [0.2, 0.25) is 0 Å². The van der Waals surface area contributed by atoms with Crippen molar-refractivity contribution in [1.29, 1.82) is 0 Å². The van der Waals surface area contributed by atoms with Gasteiger partial charge in [0.15, 0.2) is 5.78 Å². The minimum absolute atomic E-state index is 0.154. The Kier molecular flexibility index (Phi) is 3.48. The number of nitrogens with two attached hydrogens (primary N) is 1. The highest BCUT2D eigenvalue weighted by Crippen LogP contribution is 2.22. The van der Waals surface area contributed by atoms with E-state index in [9.17, 15) is 9.18 Å². The molecule has 0 fully saturated rings. The molecule has 0 heterocycles. The first-order valence-corrected chi connectivity index (χ1v) is 6.14.